The lowest BCUT2D eigenvalue weighted by Gasteiger charge is -2.24. The molecule has 0 fully saturated rings. The van der Waals surface area contributed by atoms with Crippen molar-refractivity contribution in [3.63, 3.8) is 0 Å². The Morgan fingerprint density at radius 3 is 1.83 bits per heavy atom. The van der Waals surface area contributed by atoms with Gasteiger partial charge < -0.3 is 10.2 Å². The lowest BCUT2D eigenvalue weighted by Crippen LogP contribution is -2.19. The average Bonchev–Trinajstić information content (AvgIpc) is 2.64. The number of aliphatic hydroxyl groups excluding tert-OH is 2. The van der Waals surface area contributed by atoms with E-state index in [-0.39, 0.29) is 0 Å². The maximum Gasteiger partial charge on any atom is 0.109 e. The highest BCUT2D eigenvalue weighted by molar-refractivity contribution is 6.27. The quantitative estimate of drug-likeness (QED) is 0.467. The minimum Gasteiger partial charge on any atom is -0.386 e. The van der Waals surface area contributed by atoms with Gasteiger partial charge in [0.25, 0.3) is 0 Å². The lowest BCUT2D eigenvalue weighted by atomic mass is 9.85. The molecule has 1 aliphatic rings. The van der Waals surface area contributed by atoms with Crippen LogP contribution in [0.4, 0.5) is 0 Å². The molecule has 0 saturated heterocycles. The van der Waals surface area contributed by atoms with Gasteiger partial charge in [-0.1, -0.05) is 72.8 Å². The summed E-state index contributed by atoms with van der Waals surface area (Å²) in [6, 6.07) is 20.8. The molecule has 24 heavy (non-hydrogen) atoms. The van der Waals surface area contributed by atoms with E-state index in [1.807, 2.05) is 18.2 Å². The average molecular weight is 312 g/mol. The molecule has 0 heterocycles. The van der Waals surface area contributed by atoms with Gasteiger partial charge in [0.05, 0.1) is 0 Å². The molecule has 0 spiro atoms. The van der Waals surface area contributed by atoms with E-state index < -0.39 is 12.2 Å². The molecule has 2 atom stereocenters. The van der Waals surface area contributed by atoms with E-state index in [4.69, 9.17) is 0 Å². The van der Waals surface area contributed by atoms with E-state index in [1.165, 1.54) is 26.9 Å². The number of rotatable bonds is 0. The predicted molar refractivity (Wildman–Crippen MR) is 99.0 cm³/mol. The minimum atomic E-state index is -0.875. The fraction of sp³-hybridized carbons (Fsp3) is 0.0909. The van der Waals surface area contributed by atoms with Crippen molar-refractivity contribution in [1.29, 1.82) is 0 Å². The van der Waals surface area contributed by atoms with Crippen molar-refractivity contribution < 1.29 is 10.2 Å². The van der Waals surface area contributed by atoms with Gasteiger partial charge in [-0.3, -0.25) is 0 Å². The first-order valence-corrected chi connectivity index (χ1v) is 8.16. The molecule has 0 aromatic heterocycles. The van der Waals surface area contributed by atoms with Crippen molar-refractivity contribution in [2.24, 2.45) is 0 Å². The Bertz CT molecular complexity index is 1110. The second-order valence-corrected chi connectivity index (χ2v) is 6.38. The van der Waals surface area contributed by atoms with Gasteiger partial charge in [0.15, 0.2) is 0 Å². The first-order valence-electron chi connectivity index (χ1n) is 8.16. The number of aliphatic hydroxyl groups is 2. The molecule has 2 N–H and O–H groups in total. The van der Waals surface area contributed by atoms with Gasteiger partial charge in [0, 0.05) is 0 Å². The van der Waals surface area contributed by atoms with Crippen molar-refractivity contribution >= 4 is 38.4 Å². The minimum absolute atomic E-state index is 0.790. The van der Waals surface area contributed by atoms with Crippen molar-refractivity contribution in [2.75, 3.05) is 0 Å². The third kappa shape index (κ3) is 1.72. The van der Waals surface area contributed by atoms with Crippen molar-refractivity contribution in [2.45, 2.75) is 12.2 Å². The third-order valence-corrected chi connectivity index (χ3v) is 5.09. The highest BCUT2D eigenvalue weighted by Gasteiger charge is 2.24. The Labute approximate surface area is 139 Å². The van der Waals surface area contributed by atoms with E-state index in [9.17, 15) is 10.2 Å². The van der Waals surface area contributed by atoms with Gasteiger partial charge in [-0.25, -0.2) is 0 Å². The van der Waals surface area contributed by atoms with Crippen molar-refractivity contribution in [1.82, 2.24) is 0 Å². The molecule has 1 aliphatic carbocycles. The molecule has 0 radical (unpaired) electrons. The van der Waals surface area contributed by atoms with E-state index in [2.05, 4.69) is 48.5 Å². The molecule has 0 saturated carbocycles. The summed E-state index contributed by atoms with van der Waals surface area (Å²) < 4.78 is 0. The zero-order valence-electron chi connectivity index (χ0n) is 13.0. The van der Waals surface area contributed by atoms with Crippen LogP contribution in [0.25, 0.3) is 38.4 Å². The van der Waals surface area contributed by atoms with Gasteiger partial charge >= 0.3 is 0 Å². The van der Waals surface area contributed by atoms with Gasteiger partial charge in [-0.15, -0.1) is 0 Å². The molecular weight excluding hydrogens is 296 g/mol. The maximum absolute atomic E-state index is 10.4. The topological polar surface area (TPSA) is 40.5 Å². The molecule has 4 aromatic carbocycles. The molecule has 4 aromatic rings. The predicted octanol–water partition coefficient (Wildman–Crippen LogP) is 4.57. The SMILES string of the molecule is O[C@@H]1C=Cc2c(ccc3c4ccccc4c4ccccc4c23)[C@H]1O. The van der Waals surface area contributed by atoms with Gasteiger partial charge in [-0.05, 0) is 43.4 Å². The zero-order valence-corrected chi connectivity index (χ0v) is 13.0. The second-order valence-electron chi connectivity index (χ2n) is 6.38. The molecular formula is C22H16O2. The summed E-state index contributed by atoms with van der Waals surface area (Å²) in [6.07, 6.45) is 1.90. The van der Waals surface area contributed by atoms with E-state index in [1.54, 1.807) is 6.08 Å². The van der Waals surface area contributed by atoms with E-state index >= 15 is 0 Å². The van der Waals surface area contributed by atoms with Gasteiger partial charge in [0.2, 0.25) is 0 Å². The number of hydrogen-bond donors (Lipinski definition) is 2. The molecule has 0 aliphatic heterocycles. The number of hydrogen-bond acceptors (Lipinski definition) is 2. The van der Waals surface area contributed by atoms with Crippen LogP contribution in [-0.4, -0.2) is 16.3 Å². The molecule has 0 bridgehead atoms. The summed E-state index contributed by atoms with van der Waals surface area (Å²) in [5.74, 6) is 0. The fourth-order valence-corrected chi connectivity index (χ4v) is 3.96. The summed E-state index contributed by atoms with van der Waals surface area (Å²) in [5, 5.41) is 27.5. The molecule has 2 nitrogen and oxygen atoms in total. The smallest absolute Gasteiger partial charge is 0.109 e. The van der Waals surface area contributed by atoms with Crippen LogP contribution in [0.2, 0.25) is 0 Å². The number of benzene rings is 4. The van der Waals surface area contributed by atoms with Gasteiger partial charge in [-0.2, -0.15) is 0 Å². The van der Waals surface area contributed by atoms with Crippen LogP contribution < -0.4 is 0 Å². The lowest BCUT2D eigenvalue weighted by molar-refractivity contribution is 0.0471. The normalized spacial score (nSPS) is 19.9. The monoisotopic (exact) mass is 312 g/mol. The summed E-state index contributed by atoms with van der Waals surface area (Å²) in [6.45, 7) is 0. The van der Waals surface area contributed by atoms with Crippen LogP contribution in [0.3, 0.4) is 0 Å². The zero-order chi connectivity index (χ0) is 16.3. The molecule has 0 unspecified atom stereocenters. The molecule has 5 rings (SSSR count). The summed E-state index contributed by atoms with van der Waals surface area (Å²) in [7, 11) is 0. The van der Waals surface area contributed by atoms with Gasteiger partial charge in [0.1, 0.15) is 12.2 Å². The Balaban J connectivity index is 2.08. The Morgan fingerprint density at radius 1 is 0.625 bits per heavy atom. The Hall–Kier alpha value is -2.68. The van der Waals surface area contributed by atoms with Crippen molar-refractivity contribution in [3.05, 3.63) is 77.9 Å². The summed E-state index contributed by atoms with van der Waals surface area (Å²) in [4.78, 5) is 0. The fourth-order valence-electron chi connectivity index (χ4n) is 3.96. The molecule has 116 valence electrons. The van der Waals surface area contributed by atoms with Crippen LogP contribution in [0.5, 0.6) is 0 Å². The van der Waals surface area contributed by atoms with Crippen molar-refractivity contribution in [3.8, 4) is 0 Å². The van der Waals surface area contributed by atoms with Crippen LogP contribution >= 0.6 is 0 Å². The third-order valence-electron chi connectivity index (χ3n) is 5.09. The maximum atomic E-state index is 10.4. The first kappa shape index (κ1) is 13.7. The van der Waals surface area contributed by atoms with Crippen LogP contribution in [0.1, 0.15) is 17.2 Å². The number of fused-ring (bicyclic) bond motifs is 8. The van der Waals surface area contributed by atoms with E-state index in [0.717, 1.165) is 16.5 Å². The highest BCUT2D eigenvalue weighted by Crippen LogP contribution is 2.41. The Kier molecular flexibility index (Phi) is 2.81. The standard InChI is InChI=1S/C22H16O2/c23-20-12-11-18-19(22(20)24)10-9-17-15-7-2-1-5-13(15)14-6-3-4-8-16(14)21(17)18/h1-12,20,22-24H/t20-,22-/m1/s1. The van der Waals surface area contributed by atoms with E-state index in [0.29, 0.717) is 0 Å². The van der Waals surface area contributed by atoms with Crippen LogP contribution in [0.15, 0.2) is 66.7 Å². The second kappa shape index (κ2) is 4.91. The summed E-state index contributed by atoms with van der Waals surface area (Å²) in [5.41, 5.74) is 1.80. The first-order chi connectivity index (χ1) is 11.8. The largest absolute Gasteiger partial charge is 0.386 e. The van der Waals surface area contributed by atoms with Crippen LogP contribution in [-0.2, 0) is 0 Å². The Morgan fingerprint density at radius 2 is 1.17 bits per heavy atom. The molecule has 2 heteroatoms. The highest BCUT2D eigenvalue weighted by atomic mass is 16.3. The molecule has 0 amide bonds. The summed E-state index contributed by atoms with van der Waals surface area (Å²) >= 11 is 0. The van der Waals surface area contributed by atoms with Crippen LogP contribution in [0, 0.1) is 0 Å².